The molecule has 1 aromatic heterocycles. The first-order valence-corrected chi connectivity index (χ1v) is 7.67. The number of nitrogens with one attached hydrogen (secondary N) is 1. The first-order valence-electron chi connectivity index (χ1n) is 7.67. The van der Waals surface area contributed by atoms with Crippen molar-refractivity contribution in [3.63, 3.8) is 0 Å². The second-order valence-corrected chi connectivity index (χ2v) is 5.80. The molecule has 25 heavy (non-hydrogen) atoms. The van der Waals surface area contributed by atoms with Crippen LogP contribution in [0.25, 0.3) is 10.9 Å². The minimum Gasteiger partial charge on any atom is -0.489 e. The minimum absolute atomic E-state index is 0.00818. The predicted molar refractivity (Wildman–Crippen MR) is 82.5 cm³/mol. The van der Waals surface area contributed by atoms with Crippen LogP contribution in [-0.2, 0) is 6.18 Å². The van der Waals surface area contributed by atoms with Gasteiger partial charge in [0.1, 0.15) is 6.61 Å². The fourth-order valence-electron chi connectivity index (χ4n) is 3.11. The number of aromatic nitrogens is 1. The summed E-state index contributed by atoms with van der Waals surface area (Å²) in [6.45, 7) is 1.17. The van der Waals surface area contributed by atoms with E-state index in [1.807, 2.05) is 0 Å². The van der Waals surface area contributed by atoms with Crippen LogP contribution in [-0.4, -0.2) is 30.6 Å². The number of fused-ring (bicyclic) bond motifs is 3. The molecule has 1 aromatic carbocycles. The predicted octanol–water partition coefficient (Wildman–Crippen LogP) is 3.79. The van der Waals surface area contributed by atoms with Crippen molar-refractivity contribution in [2.24, 2.45) is 0 Å². The van der Waals surface area contributed by atoms with E-state index in [2.05, 4.69) is 4.98 Å². The molecule has 1 aliphatic heterocycles. The van der Waals surface area contributed by atoms with Crippen LogP contribution in [0.3, 0.4) is 0 Å². The average molecular weight is 362 g/mol. The van der Waals surface area contributed by atoms with E-state index in [1.165, 1.54) is 17.0 Å². The average Bonchev–Trinajstić information content (AvgIpc) is 2.52. The van der Waals surface area contributed by atoms with Crippen LogP contribution in [0.2, 0.25) is 0 Å². The van der Waals surface area contributed by atoms with Crippen molar-refractivity contribution in [1.82, 2.24) is 4.98 Å². The van der Waals surface area contributed by atoms with Gasteiger partial charge in [-0.15, -0.1) is 0 Å². The van der Waals surface area contributed by atoms with Crippen molar-refractivity contribution in [3.8, 4) is 5.75 Å². The van der Waals surface area contributed by atoms with E-state index in [0.717, 1.165) is 0 Å². The summed E-state index contributed by atoms with van der Waals surface area (Å²) in [5.41, 5.74) is -1.92. The number of H-pyrrole nitrogens is 1. The molecule has 0 unspecified atom stereocenters. The third kappa shape index (κ3) is 3.14. The normalized spacial score (nSPS) is 17.7. The Hall–Kier alpha value is -2.32. The van der Waals surface area contributed by atoms with Crippen LogP contribution in [0.5, 0.6) is 5.75 Å². The van der Waals surface area contributed by atoms with Crippen LogP contribution < -0.4 is 15.2 Å². The van der Waals surface area contributed by atoms with Crippen LogP contribution in [0.15, 0.2) is 23.0 Å². The van der Waals surface area contributed by atoms with Gasteiger partial charge in [0.2, 0.25) is 5.56 Å². The zero-order valence-corrected chi connectivity index (χ0v) is 13.2. The number of nitrogens with zero attached hydrogens (tertiary/aromatic N) is 1. The van der Waals surface area contributed by atoms with E-state index >= 15 is 0 Å². The summed E-state index contributed by atoms with van der Waals surface area (Å²) in [4.78, 5) is 15.2. The maximum absolute atomic E-state index is 13.4. The molecule has 1 atom stereocenters. The molecule has 1 aliphatic rings. The fraction of sp³-hybridized carbons (Fsp3) is 0.438. The van der Waals surface area contributed by atoms with Crippen molar-refractivity contribution < 1.29 is 26.7 Å². The molecule has 0 saturated heterocycles. The van der Waals surface area contributed by atoms with Crippen molar-refractivity contribution >= 4 is 16.6 Å². The third-order valence-electron chi connectivity index (χ3n) is 4.22. The molecular weight excluding hydrogens is 347 g/mol. The van der Waals surface area contributed by atoms with Gasteiger partial charge in [0.05, 0.1) is 34.7 Å². The van der Waals surface area contributed by atoms with Crippen LogP contribution in [0, 0.1) is 0 Å². The van der Waals surface area contributed by atoms with Gasteiger partial charge in [-0.25, -0.2) is 8.78 Å². The first kappa shape index (κ1) is 17.5. The Morgan fingerprint density at radius 3 is 2.68 bits per heavy atom. The summed E-state index contributed by atoms with van der Waals surface area (Å²) in [5, 5.41) is -0.321. The van der Waals surface area contributed by atoms with Crippen molar-refractivity contribution in [2.45, 2.75) is 32.0 Å². The Kier molecular flexibility index (Phi) is 4.34. The zero-order chi connectivity index (χ0) is 18.4. The number of ether oxygens (including phenoxy) is 1. The van der Waals surface area contributed by atoms with Gasteiger partial charge in [0.15, 0.2) is 5.75 Å². The molecular formula is C16H15F5N2O2. The largest absolute Gasteiger partial charge is 0.489 e. The lowest BCUT2D eigenvalue weighted by molar-refractivity contribution is -0.136. The highest BCUT2D eigenvalue weighted by molar-refractivity contribution is 5.94. The van der Waals surface area contributed by atoms with Crippen LogP contribution in [0.1, 0.15) is 18.9 Å². The number of benzene rings is 1. The molecule has 0 saturated carbocycles. The molecule has 0 fully saturated rings. The molecule has 0 aliphatic carbocycles. The summed E-state index contributed by atoms with van der Waals surface area (Å²) < 4.78 is 71.5. The van der Waals surface area contributed by atoms with Crippen LogP contribution in [0.4, 0.5) is 27.6 Å². The Morgan fingerprint density at radius 2 is 2.08 bits per heavy atom. The molecule has 136 valence electrons. The SMILES string of the molecule is CC[C@@H]1COc2c(ccc3[nH]c(=O)cc(C(F)(F)F)c23)N1CC(F)F. The van der Waals surface area contributed by atoms with Gasteiger partial charge in [0.25, 0.3) is 6.43 Å². The Bertz CT molecular complexity index is 847. The lowest BCUT2D eigenvalue weighted by Gasteiger charge is -2.38. The van der Waals surface area contributed by atoms with E-state index in [-0.39, 0.29) is 35.0 Å². The van der Waals surface area contributed by atoms with Crippen molar-refractivity contribution in [3.05, 3.63) is 34.1 Å². The number of pyridine rings is 1. The molecule has 0 radical (unpaired) electrons. The highest BCUT2D eigenvalue weighted by Gasteiger charge is 2.37. The maximum Gasteiger partial charge on any atom is 0.417 e. The quantitative estimate of drug-likeness (QED) is 0.845. The lowest BCUT2D eigenvalue weighted by Crippen LogP contribution is -2.45. The zero-order valence-electron chi connectivity index (χ0n) is 13.2. The van der Waals surface area contributed by atoms with E-state index in [1.54, 1.807) is 6.92 Å². The summed E-state index contributed by atoms with van der Waals surface area (Å²) in [7, 11) is 0. The summed E-state index contributed by atoms with van der Waals surface area (Å²) in [6, 6.07) is 2.77. The van der Waals surface area contributed by atoms with Crippen LogP contribution >= 0.6 is 0 Å². The van der Waals surface area contributed by atoms with Gasteiger partial charge in [-0.3, -0.25) is 4.79 Å². The monoisotopic (exact) mass is 362 g/mol. The second kappa shape index (κ2) is 6.20. The van der Waals surface area contributed by atoms with E-state index in [4.69, 9.17) is 4.74 Å². The molecule has 1 N–H and O–H groups in total. The number of aromatic amines is 1. The van der Waals surface area contributed by atoms with Gasteiger partial charge in [-0.05, 0) is 18.6 Å². The lowest BCUT2D eigenvalue weighted by atomic mass is 10.0. The highest BCUT2D eigenvalue weighted by atomic mass is 19.4. The standard InChI is InChI=1S/C16H15F5N2O2/c1-2-8-7-25-15-11(23(8)6-12(17)18)4-3-10-14(15)9(16(19,20)21)5-13(24)22-10/h3-5,8,12H,2,6-7H2,1H3,(H,22,24)/t8-/m1/s1. The number of alkyl halides is 5. The first-order chi connectivity index (χ1) is 11.7. The summed E-state index contributed by atoms with van der Waals surface area (Å²) in [5.74, 6) is -0.133. The van der Waals surface area contributed by atoms with Crippen molar-refractivity contribution in [1.29, 1.82) is 0 Å². The molecule has 2 heterocycles. The number of halogens is 5. The van der Waals surface area contributed by atoms with Gasteiger partial charge in [-0.2, -0.15) is 13.2 Å². The van der Waals surface area contributed by atoms with Gasteiger partial charge in [0, 0.05) is 6.07 Å². The minimum atomic E-state index is -4.78. The van der Waals surface area contributed by atoms with Crippen molar-refractivity contribution in [2.75, 3.05) is 18.1 Å². The summed E-state index contributed by atoms with van der Waals surface area (Å²) in [6.07, 6.45) is -6.92. The van der Waals surface area contributed by atoms with E-state index < -0.39 is 30.3 Å². The summed E-state index contributed by atoms with van der Waals surface area (Å²) >= 11 is 0. The van der Waals surface area contributed by atoms with Gasteiger partial charge < -0.3 is 14.6 Å². The number of rotatable bonds is 3. The Balaban J connectivity index is 2.28. The molecule has 4 nitrogen and oxygen atoms in total. The van der Waals surface area contributed by atoms with Gasteiger partial charge >= 0.3 is 6.18 Å². The molecule has 0 bridgehead atoms. The molecule has 9 heteroatoms. The Morgan fingerprint density at radius 1 is 1.36 bits per heavy atom. The fourth-order valence-corrected chi connectivity index (χ4v) is 3.11. The molecule has 0 amide bonds. The van der Waals surface area contributed by atoms with E-state index in [0.29, 0.717) is 12.5 Å². The van der Waals surface area contributed by atoms with E-state index in [9.17, 15) is 26.7 Å². The third-order valence-corrected chi connectivity index (χ3v) is 4.22. The number of hydrogen-bond acceptors (Lipinski definition) is 3. The molecule has 3 rings (SSSR count). The number of anilines is 1. The smallest absolute Gasteiger partial charge is 0.417 e. The number of hydrogen-bond donors (Lipinski definition) is 1. The maximum atomic E-state index is 13.4. The Labute approximate surface area is 139 Å². The highest BCUT2D eigenvalue weighted by Crippen LogP contribution is 2.45. The topological polar surface area (TPSA) is 45.3 Å². The molecule has 0 spiro atoms. The molecule has 2 aromatic rings. The van der Waals surface area contributed by atoms with Gasteiger partial charge in [-0.1, -0.05) is 6.92 Å². The second-order valence-electron chi connectivity index (χ2n) is 5.80.